The van der Waals surface area contributed by atoms with Crippen LogP contribution in [0.1, 0.15) is 45.1 Å². The molecule has 1 aliphatic rings. The van der Waals surface area contributed by atoms with Crippen molar-refractivity contribution in [1.82, 2.24) is 24.4 Å². The van der Waals surface area contributed by atoms with Crippen LogP contribution in [0, 0.1) is 5.92 Å². The van der Waals surface area contributed by atoms with Gasteiger partial charge in [-0.1, -0.05) is 20.8 Å². The number of piperidine rings is 1. The van der Waals surface area contributed by atoms with Gasteiger partial charge in [-0.25, -0.2) is 15.0 Å². The third-order valence-electron chi connectivity index (χ3n) is 4.79. The van der Waals surface area contributed by atoms with E-state index in [0.717, 1.165) is 50.5 Å². The molecule has 0 bridgehead atoms. The molecule has 0 aromatic carbocycles. The van der Waals surface area contributed by atoms with Crippen LogP contribution in [0.3, 0.4) is 0 Å². The van der Waals surface area contributed by atoms with Gasteiger partial charge in [-0.3, -0.25) is 14.3 Å². The molecule has 3 rings (SSSR count). The van der Waals surface area contributed by atoms with Crippen LogP contribution < -0.4 is 5.56 Å². The Hall–Kier alpha value is -2.08. The number of aromatic nitrogens is 4. The van der Waals surface area contributed by atoms with Crippen LogP contribution in [0.25, 0.3) is 0 Å². The van der Waals surface area contributed by atoms with E-state index in [1.165, 1.54) is 0 Å². The van der Waals surface area contributed by atoms with Crippen LogP contribution in [0.15, 0.2) is 35.6 Å². The van der Waals surface area contributed by atoms with Gasteiger partial charge in [0.1, 0.15) is 5.82 Å². The summed E-state index contributed by atoms with van der Waals surface area (Å²) in [6, 6.07) is 3.52. The molecule has 2 aromatic heterocycles. The van der Waals surface area contributed by atoms with Gasteiger partial charge < -0.3 is 0 Å². The summed E-state index contributed by atoms with van der Waals surface area (Å²) in [6.07, 6.45) is 7.46. The standard InChI is InChI=1S/C19H27N5O/c1-19(2,3)16-11-18(25)24(14-22-16)12-15-5-9-23(10-6-15)13-17-20-7-4-8-21-17/h4,7-8,11,14-15H,5-6,9-10,12-13H2,1-3H3. The molecule has 0 radical (unpaired) electrons. The molecular weight excluding hydrogens is 314 g/mol. The minimum atomic E-state index is -0.0941. The first-order valence-corrected chi connectivity index (χ1v) is 8.97. The Morgan fingerprint density at radius 2 is 1.80 bits per heavy atom. The Morgan fingerprint density at radius 3 is 2.40 bits per heavy atom. The fourth-order valence-electron chi connectivity index (χ4n) is 3.19. The summed E-state index contributed by atoms with van der Waals surface area (Å²) >= 11 is 0. The quantitative estimate of drug-likeness (QED) is 0.853. The summed E-state index contributed by atoms with van der Waals surface area (Å²) in [6.45, 7) is 9.82. The highest BCUT2D eigenvalue weighted by atomic mass is 16.1. The Labute approximate surface area is 149 Å². The van der Waals surface area contributed by atoms with Crippen molar-refractivity contribution in [3.63, 3.8) is 0 Å². The van der Waals surface area contributed by atoms with E-state index in [2.05, 4.69) is 40.6 Å². The van der Waals surface area contributed by atoms with Gasteiger partial charge in [0.25, 0.3) is 5.56 Å². The van der Waals surface area contributed by atoms with E-state index < -0.39 is 0 Å². The monoisotopic (exact) mass is 341 g/mol. The maximum atomic E-state index is 12.4. The lowest BCUT2D eigenvalue weighted by Crippen LogP contribution is -2.36. The molecule has 1 fully saturated rings. The molecule has 134 valence electrons. The minimum absolute atomic E-state index is 0.0556. The molecule has 0 atom stereocenters. The van der Waals surface area contributed by atoms with E-state index in [-0.39, 0.29) is 11.0 Å². The number of likely N-dealkylation sites (tertiary alicyclic amines) is 1. The highest BCUT2D eigenvalue weighted by Gasteiger charge is 2.21. The van der Waals surface area contributed by atoms with E-state index in [0.29, 0.717) is 5.92 Å². The smallest absolute Gasteiger partial charge is 0.253 e. The maximum Gasteiger partial charge on any atom is 0.253 e. The third kappa shape index (κ3) is 4.72. The van der Waals surface area contributed by atoms with Crippen molar-refractivity contribution < 1.29 is 0 Å². The van der Waals surface area contributed by atoms with Crippen molar-refractivity contribution in [3.8, 4) is 0 Å². The normalized spacial score (nSPS) is 16.9. The fraction of sp³-hybridized carbons (Fsp3) is 0.579. The Kier molecular flexibility index (Phi) is 5.27. The van der Waals surface area contributed by atoms with E-state index in [9.17, 15) is 4.79 Å². The molecule has 25 heavy (non-hydrogen) atoms. The lowest BCUT2D eigenvalue weighted by molar-refractivity contribution is 0.163. The van der Waals surface area contributed by atoms with Gasteiger partial charge in [-0.2, -0.15) is 0 Å². The molecule has 0 unspecified atom stereocenters. The second kappa shape index (κ2) is 7.44. The van der Waals surface area contributed by atoms with E-state index in [1.807, 2.05) is 6.07 Å². The van der Waals surface area contributed by atoms with Gasteiger partial charge in [0.15, 0.2) is 0 Å². The van der Waals surface area contributed by atoms with Gasteiger partial charge in [-0.15, -0.1) is 0 Å². The number of nitrogens with zero attached hydrogens (tertiary/aromatic N) is 5. The summed E-state index contributed by atoms with van der Waals surface area (Å²) in [7, 11) is 0. The molecule has 3 heterocycles. The van der Waals surface area contributed by atoms with Crippen molar-refractivity contribution in [2.24, 2.45) is 5.92 Å². The van der Waals surface area contributed by atoms with Gasteiger partial charge in [0.2, 0.25) is 0 Å². The molecule has 6 nitrogen and oxygen atoms in total. The molecule has 0 saturated carbocycles. The van der Waals surface area contributed by atoms with Crippen molar-refractivity contribution >= 4 is 0 Å². The van der Waals surface area contributed by atoms with Gasteiger partial charge in [-0.05, 0) is 37.9 Å². The lowest BCUT2D eigenvalue weighted by atomic mass is 9.92. The summed E-state index contributed by atoms with van der Waals surface area (Å²) in [5.41, 5.74) is 0.815. The summed E-state index contributed by atoms with van der Waals surface area (Å²) in [5.74, 6) is 1.40. The van der Waals surface area contributed by atoms with Gasteiger partial charge in [0, 0.05) is 30.4 Å². The summed E-state index contributed by atoms with van der Waals surface area (Å²) in [4.78, 5) is 27.8. The zero-order chi connectivity index (χ0) is 17.9. The number of rotatable bonds is 4. The largest absolute Gasteiger partial charge is 0.299 e. The van der Waals surface area contributed by atoms with E-state index in [1.54, 1.807) is 29.4 Å². The van der Waals surface area contributed by atoms with Crippen LogP contribution in [0.2, 0.25) is 0 Å². The Morgan fingerprint density at radius 1 is 1.12 bits per heavy atom. The van der Waals surface area contributed by atoms with Crippen LogP contribution in [0.4, 0.5) is 0 Å². The SMILES string of the molecule is CC(C)(C)c1cc(=O)n(CC2CCN(Cc3ncccn3)CC2)cn1. The summed E-state index contributed by atoms with van der Waals surface area (Å²) in [5, 5.41) is 0. The first-order valence-electron chi connectivity index (χ1n) is 8.97. The second-order valence-corrected chi connectivity index (χ2v) is 7.90. The van der Waals surface area contributed by atoms with Crippen molar-refractivity contribution in [2.45, 2.75) is 52.1 Å². The van der Waals surface area contributed by atoms with Crippen LogP contribution in [-0.2, 0) is 18.5 Å². The molecule has 0 N–H and O–H groups in total. The van der Waals surface area contributed by atoms with E-state index in [4.69, 9.17) is 0 Å². The van der Waals surface area contributed by atoms with Crippen molar-refractivity contribution in [1.29, 1.82) is 0 Å². The molecule has 0 spiro atoms. The first-order chi connectivity index (χ1) is 11.9. The van der Waals surface area contributed by atoms with Gasteiger partial charge >= 0.3 is 0 Å². The first kappa shape index (κ1) is 17.7. The highest BCUT2D eigenvalue weighted by Crippen LogP contribution is 2.20. The number of hydrogen-bond donors (Lipinski definition) is 0. The molecule has 0 aliphatic carbocycles. The molecule has 6 heteroatoms. The van der Waals surface area contributed by atoms with E-state index >= 15 is 0 Å². The Bertz CT molecular complexity index is 742. The topological polar surface area (TPSA) is 63.9 Å². The second-order valence-electron chi connectivity index (χ2n) is 7.90. The molecule has 0 amide bonds. The van der Waals surface area contributed by atoms with Crippen LogP contribution in [0.5, 0.6) is 0 Å². The third-order valence-corrected chi connectivity index (χ3v) is 4.79. The zero-order valence-electron chi connectivity index (χ0n) is 15.4. The zero-order valence-corrected chi connectivity index (χ0v) is 15.4. The predicted octanol–water partition coefficient (Wildman–Crippen LogP) is 2.24. The minimum Gasteiger partial charge on any atom is -0.299 e. The van der Waals surface area contributed by atoms with Crippen LogP contribution >= 0.6 is 0 Å². The average molecular weight is 341 g/mol. The summed E-state index contributed by atoms with van der Waals surface area (Å²) < 4.78 is 1.76. The maximum absolute atomic E-state index is 12.4. The highest BCUT2D eigenvalue weighted by molar-refractivity contribution is 5.10. The van der Waals surface area contributed by atoms with Crippen molar-refractivity contribution in [2.75, 3.05) is 13.1 Å². The van der Waals surface area contributed by atoms with Crippen LogP contribution in [-0.4, -0.2) is 37.5 Å². The molecule has 1 saturated heterocycles. The molecular formula is C19H27N5O. The number of hydrogen-bond acceptors (Lipinski definition) is 5. The van der Waals surface area contributed by atoms with Gasteiger partial charge in [0.05, 0.1) is 18.6 Å². The average Bonchev–Trinajstić information content (AvgIpc) is 2.58. The lowest BCUT2D eigenvalue weighted by Gasteiger charge is -2.31. The molecule has 2 aromatic rings. The predicted molar refractivity (Wildman–Crippen MR) is 97.2 cm³/mol. The fourth-order valence-corrected chi connectivity index (χ4v) is 3.19. The molecule has 1 aliphatic heterocycles. The van der Waals surface area contributed by atoms with Crippen molar-refractivity contribution in [3.05, 3.63) is 52.7 Å². The Balaban J connectivity index is 1.55.